The van der Waals surface area contributed by atoms with E-state index >= 15 is 0 Å². The Morgan fingerprint density at radius 1 is 1.44 bits per heavy atom. The van der Waals surface area contributed by atoms with Crippen molar-refractivity contribution >= 4 is 16.7 Å². The predicted octanol–water partition coefficient (Wildman–Crippen LogP) is 0.418. The fraction of sp³-hybridized carbons (Fsp3) is 0.800. The topological polar surface area (TPSA) is 53.1 Å². The van der Waals surface area contributed by atoms with Crippen LogP contribution in [0.5, 0.6) is 0 Å². The zero-order chi connectivity index (χ0) is 11.2. The van der Waals surface area contributed by atoms with E-state index in [1.165, 1.54) is 11.5 Å². The van der Waals surface area contributed by atoms with Gasteiger partial charge in [-0.05, 0) is 0 Å². The van der Waals surface area contributed by atoms with E-state index in [9.17, 15) is 0 Å². The van der Waals surface area contributed by atoms with Crippen LogP contribution in [0.2, 0.25) is 0 Å². The lowest BCUT2D eigenvalue weighted by Crippen LogP contribution is -2.45. The van der Waals surface area contributed by atoms with Gasteiger partial charge in [0, 0.05) is 57.2 Å². The maximum Gasteiger partial charge on any atom is 0.202 e. The number of hydrogen-bond acceptors (Lipinski definition) is 6. The van der Waals surface area contributed by atoms with E-state index in [0.29, 0.717) is 0 Å². The van der Waals surface area contributed by atoms with Crippen LogP contribution in [0.15, 0.2) is 0 Å². The third-order valence-electron chi connectivity index (χ3n) is 2.70. The maximum atomic E-state index is 4.38. The number of hydrogen-bond donors (Lipinski definition) is 2. The molecule has 2 rings (SSSR count). The van der Waals surface area contributed by atoms with Gasteiger partial charge in [0.05, 0.1) is 0 Å². The summed E-state index contributed by atoms with van der Waals surface area (Å²) in [5.74, 6) is 0.940. The van der Waals surface area contributed by atoms with E-state index in [0.717, 1.165) is 56.6 Å². The van der Waals surface area contributed by atoms with Crippen molar-refractivity contribution in [1.82, 2.24) is 19.6 Å². The Morgan fingerprint density at radius 2 is 2.25 bits per heavy atom. The summed E-state index contributed by atoms with van der Waals surface area (Å²) < 4.78 is 4.24. The standard InChI is InChI=1S/C10H19N5S/c1-2-9-13-10(16-14-9)12-5-8-15-6-3-11-4-7-15/h11H,2-8H2,1H3,(H,12,13,14). The molecule has 1 aromatic rings. The molecule has 1 aliphatic rings. The Kier molecular flexibility index (Phi) is 4.50. The van der Waals surface area contributed by atoms with Crippen LogP contribution >= 0.6 is 11.5 Å². The van der Waals surface area contributed by atoms with Gasteiger partial charge in [0.15, 0.2) is 0 Å². The molecule has 0 aromatic carbocycles. The number of anilines is 1. The minimum atomic E-state index is 0.913. The minimum Gasteiger partial charge on any atom is -0.359 e. The second-order valence-electron chi connectivity index (χ2n) is 3.89. The number of aryl methyl sites for hydroxylation is 1. The first-order chi connectivity index (χ1) is 7.88. The van der Waals surface area contributed by atoms with Crippen molar-refractivity contribution in [2.24, 2.45) is 0 Å². The second kappa shape index (κ2) is 6.12. The zero-order valence-corrected chi connectivity index (χ0v) is 10.5. The second-order valence-corrected chi connectivity index (χ2v) is 4.64. The SMILES string of the molecule is CCc1nsc(NCCN2CCNCC2)n1. The summed E-state index contributed by atoms with van der Waals surface area (Å²) in [6.45, 7) is 8.64. The lowest BCUT2D eigenvalue weighted by atomic mass is 10.3. The molecule has 5 nitrogen and oxygen atoms in total. The average molecular weight is 241 g/mol. The van der Waals surface area contributed by atoms with Gasteiger partial charge >= 0.3 is 0 Å². The molecule has 6 heteroatoms. The smallest absolute Gasteiger partial charge is 0.202 e. The Hall–Kier alpha value is -0.720. The molecule has 0 atom stereocenters. The summed E-state index contributed by atoms with van der Waals surface area (Å²) in [5.41, 5.74) is 0. The quantitative estimate of drug-likeness (QED) is 0.782. The highest BCUT2D eigenvalue weighted by atomic mass is 32.1. The molecular weight excluding hydrogens is 222 g/mol. The molecule has 0 saturated carbocycles. The van der Waals surface area contributed by atoms with Crippen molar-refractivity contribution in [2.45, 2.75) is 13.3 Å². The van der Waals surface area contributed by atoms with Crippen LogP contribution < -0.4 is 10.6 Å². The fourth-order valence-corrected chi connectivity index (χ4v) is 2.40. The van der Waals surface area contributed by atoms with Crippen molar-refractivity contribution in [1.29, 1.82) is 0 Å². The van der Waals surface area contributed by atoms with Crippen molar-refractivity contribution in [3.63, 3.8) is 0 Å². The summed E-state index contributed by atoms with van der Waals surface area (Å²) in [6.07, 6.45) is 0.913. The molecule has 0 amide bonds. The number of nitrogens with one attached hydrogen (secondary N) is 2. The first-order valence-electron chi connectivity index (χ1n) is 5.88. The Morgan fingerprint density at radius 3 is 2.94 bits per heavy atom. The van der Waals surface area contributed by atoms with Crippen molar-refractivity contribution < 1.29 is 0 Å². The van der Waals surface area contributed by atoms with E-state index in [1.807, 2.05) is 0 Å². The summed E-state index contributed by atoms with van der Waals surface area (Å²) >= 11 is 1.46. The van der Waals surface area contributed by atoms with Gasteiger partial charge in [-0.25, -0.2) is 4.98 Å². The molecule has 2 heterocycles. The predicted molar refractivity (Wildman–Crippen MR) is 67.1 cm³/mol. The highest BCUT2D eigenvalue weighted by Crippen LogP contribution is 2.10. The highest BCUT2D eigenvalue weighted by molar-refractivity contribution is 7.09. The Bertz CT molecular complexity index is 308. The molecule has 1 fully saturated rings. The van der Waals surface area contributed by atoms with Gasteiger partial charge < -0.3 is 10.6 Å². The molecule has 16 heavy (non-hydrogen) atoms. The third-order valence-corrected chi connectivity index (χ3v) is 3.41. The monoisotopic (exact) mass is 241 g/mol. The number of rotatable bonds is 5. The van der Waals surface area contributed by atoms with Crippen molar-refractivity contribution in [2.75, 3.05) is 44.6 Å². The Labute approximate surface area is 100 Å². The average Bonchev–Trinajstić information content (AvgIpc) is 2.78. The Balaban J connectivity index is 1.66. The van der Waals surface area contributed by atoms with Crippen LogP contribution in [-0.2, 0) is 6.42 Å². The molecule has 1 saturated heterocycles. The van der Waals surface area contributed by atoms with E-state index in [4.69, 9.17) is 0 Å². The summed E-state index contributed by atoms with van der Waals surface area (Å²) in [7, 11) is 0. The molecule has 1 aromatic heterocycles. The molecule has 90 valence electrons. The molecule has 1 aliphatic heterocycles. The van der Waals surface area contributed by atoms with Crippen LogP contribution in [0, 0.1) is 0 Å². The van der Waals surface area contributed by atoms with Crippen molar-refractivity contribution in [3.8, 4) is 0 Å². The molecule has 2 N–H and O–H groups in total. The van der Waals surface area contributed by atoms with Crippen LogP contribution in [0.3, 0.4) is 0 Å². The number of aromatic nitrogens is 2. The number of piperazine rings is 1. The van der Waals surface area contributed by atoms with Crippen LogP contribution in [0.25, 0.3) is 0 Å². The van der Waals surface area contributed by atoms with E-state index < -0.39 is 0 Å². The van der Waals surface area contributed by atoms with Gasteiger partial charge in [0.25, 0.3) is 0 Å². The third kappa shape index (κ3) is 3.40. The van der Waals surface area contributed by atoms with Gasteiger partial charge in [-0.2, -0.15) is 4.37 Å². The van der Waals surface area contributed by atoms with Gasteiger partial charge in [-0.15, -0.1) is 0 Å². The molecule has 0 unspecified atom stereocenters. The number of nitrogens with zero attached hydrogens (tertiary/aromatic N) is 3. The molecule has 0 bridgehead atoms. The molecule has 0 spiro atoms. The van der Waals surface area contributed by atoms with Gasteiger partial charge in [0.2, 0.25) is 5.13 Å². The van der Waals surface area contributed by atoms with Crippen LogP contribution in [0.1, 0.15) is 12.7 Å². The molecular formula is C10H19N5S. The highest BCUT2D eigenvalue weighted by Gasteiger charge is 2.08. The van der Waals surface area contributed by atoms with Crippen LogP contribution in [0.4, 0.5) is 5.13 Å². The van der Waals surface area contributed by atoms with Gasteiger partial charge in [-0.1, -0.05) is 6.92 Å². The lowest BCUT2D eigenvalue weighted by molar-refractivity contribution is 0.249. The van der Waals surface area contributed by atoms with Crippen LogP contribution in [-0.4, -0.2) is 53.5 Å². The van der Waals surface area contributed by atoms with Crippen molar-refractivity contribution in [3.05, 3.63) is 5.82 Å². The summed E-state index contributed by atoms with van der Waals surface area (Å²) in [5, 5.41) is 7.63. The maximum absolute atomic E-state index is 4.38. The largest absolute Gasteiger partial charge is 0.359 e. The molecule has 0 aliphatic carbocycles. The fourth-order valence-electron chi connectivity index (χ4n) is 1.73. The van der Waals surface area contributed by atoms with Gasteiger partial charge in [0.1, 0.15) is 5.82 Å². The zero-order valence-electron chi connectivity index (χ0n) is 9.70. The summed E-state index contributed by atoms with van der Waals surface area (Å²) in [4.78, 5) is 6.84. The normalized spacial score (nSPS) is 17.6. The molecule has 0 radical (unpaired) electrons. The van der Waals surface area contributed by atoms with Gasteiger partial charge in [-0.3, -0.25) is 4.90 Å². The van der Waals surface area contributed by atoms with E-state index in [-0.39, 0.29) is 0 Å². The van der Waals surface area contributed by atoms with E-state index in [1.54, 1.807) is 0 Å². The summed E-state index contributed by atoms with van der Waals surface area (Å²) in [6, 6.07) is 0. The first-order valence-corrected chi connectivity index (χ1v) is 6.65. The minimum absolute atomic E-state index is 0.913. The van der Waals surface area contributed by atoms with E-state index in [2.05, 4.69) is 31.8 Å². The lowest BCUT2D eigenvalue weighted by Gasteiger charge is -2.26. The first kappa shape index (κ1) is 11.8.